The van der Waals surface area contributed by atoms with Gasteiger partial charge in [0.25, 0.3) is 0 Å². The number of rotatable bonds is 13. The summed E-state index contributed by atoms with van der Waals surface area (Å²) in [5, 5.41) is 10.2. The van der Waals surface area contributed by atoms with Crippen LogP contribution in [0, 0.1) is 11.8 Å². The van der Waals surface area contributed by atoms with Gasteiger partial charge in [-0.05, 0) is 25.7 Å². The van der Waals surface area contributed by atoms with Crippen LogP contribution in [0.1, 0.15) is 32.6 Å². The van der Waals surface area contributed by atoms with Gasteiger partial charge in [-0.15, -0.1) is 24.9 Å². The van der Waals surface area contributed by atoms with Gasteiger partial charge in [0.15, 0.2) is 0 Å². The molecule has 6 atom stereocenters. The van der Waals surface area contributed by atoms with Crippen LogP contribution in [0.2, 0.25) is 0 Å². The van der Waals surface area contributed by atoms with Gasteiger partial charge in [0.2, 0.25) is 11.8 Å². The van der Waals surface area contributed by atoms with E-state index in [2.05, 4.69) is 18.1 Å². The summed E-state index contributed by atoms with van der Waals surface area (Å²) in [6, 6.07) is -1.21. The SMILES string of the molecule is C=CCCOC(=O)[C@@H]1[C@@H]2CCC3(S2)C(C(=O)N(CC=C)CCN2CCOCC2)N([C@@H](CC)CO)C(=O)[C@H]13. The molecule has 2 bridgehead atoms. The van der Waals surface area contributed by atoms with Crippen LogP contribution in [-0.2, 0) is 23.9 Å². The summed E-state index contributed by atoms with van der Waals surface area (Å²) in [4.78, 5) is 47.2. The monoisotopic (exact) mass is 535 g/mol. The van der Waals surface area contributed by atoms with Gasteiger partial charge in [-0.3, -0.25) is 19.3 Å². The van der Waals surface area contributed by atoms with Crippen molar-refractivity contribution in [3.05, 3.63) is 25.3 Å². The van der Waals surface area contributed by atoms with Crippen molar-refractivity contribution >= 4 is 29.5 Å². The molecule has 0 aromatic rings. The number of aliphatic hydroxyl groups excluding tert-OH is 1. The molecule has 4 aliphatic rings. The van der Waals surface area contributed by atoms with Gasteiger partial charge in [0, 0.05) is 38.0 Å². The van der Waals surface area contributed by atoms with Crippen molar-refractivity contribution in [2.75, 3.05) is 59.2 Å². The average molecular weight is 536 g/mol. The smallest absolute Gasteiger partial charge is 0.310 e. The van der Waals surface area contributed by atoms with Crippen molar-refractivity contribution in [3.63, 3.8) is 0 Å². The van der Waals surface area contributed by atoms with Crippen LogP contribution in [0.4, 0.5) is 0 Å². The van der Waals surface area contributed by atoms with E-state index in [1.54, 1.807) is 33.7 Å². The molecule has 206 valence electrons. The van der Waals surface area contributed by atoms with Crippen LogP contribution in [0.5, 0.6) is 0 Å². The molecule has 9 nitrogen and oxygen atoms in total. The first-order valence-corrected chi connectivity index (χ1v) is 14.4. The van der Waals surface area contributed by atoms with Crippen molar-refractivity contribution in [2.45, 2.75) is 54.7 Å². The second kappa shape index (κ2) is 12.3. The van der Waals surface area contributed by atoms with Gasteiger partial charge in [-0.1, -0.05) is 19.1 Å². The molecule has 2 amide bonds. The number of amides is 2. The van der Waals surface area contributed by atoms with Gasteiger partial charge < -0.3 is 24.4 Å². The maximum Gasteiger partial charge on any atom is 0.310 e. The Morgan fingerprint density at radius 3 is 2.73 bits per heavy atom. The number of aliphatic hydroxyl groups is 1. The highest BCUT2D eigenvalue weighted by Crippen LogP contribution is 2.67. The fourth-order valence-corrected chi connectivity index (χ4v) is 8.68. The summed E-state index contributed by atoms with van der Waals surface area (Å²) in [6.45, 7) is 14.1. The lowest BCUT2D eigenvalue weighted by atomic mass is 9.71. The quantitative estimate of drug-likeness (QED) is 0.214. The Labute approximate surface area is 224 Å². The molecule has 1 N–H and O–H groups in total. The zero-order chi connectivity index (χ0) is 26.6. The fraction of sp³-hybridized carbons (Fsp3) is 0.741. The third-order valence-electron chi connectivity index (χ3n) is 8.34. The van der Waals surface area contributed by atoms with Gasteiger partial charge in [0.05, 0.1) is 49.1 Å². The minimum absolute atomic E-state index is 0.0435. The van der Waals surface area contributed by atoms with Crippen LogP contribution >= 0.6 is 11.8 Å². The van der Waals surface area contributed by atoms with E-state index in [9.17, 15) is 19.5 Å². The van der Waals surface area contributed by atoms with Crippen LogP contribution in [0.15, 0.2) is 25.3 Å². The topological polar surface area (TPSA) is 99.6 Å². The molecule has 4 aliphatic heterocycles. The van der Waals surface area contributed by atoms with E-state index in [-0.39, 0.29) is 36.2 Å². The molecule has 4 fully saturated rings. The highest BCUT2D eigenvalue weighted by molar-refractivity contribution is 8.02. The summed E-state index contributed by atoms with van der Waals surface area (Å²) in [5.74, 6) is -1.88. The predicted molar refractivity (Wildman–Crippen MR) is 142 cm³/mol. The first kappa shape index (κ1) is 28.1. The third-order valence-corrected chi connectivity index (χ3v) is 10.3. The Bertz CT molecular complexity index is 876. The number of esters is 1. The standard InChI is InChI=1S/C27H41N3O6S/c1-4-7-15-36-26(34)21-20-8-9-27(37-20)22(21)24(32)30(19(6-3)18-31)23(27)25(33)29(10-5-2)12-11-28-13-16-35-17-14-28/h4-5,19-23,31H,1-2,6-18H2,3H3/t19-,20-,21+,22-,23?,27?/m0/s1. The maximum atomic E-state index is 14.3. The Morgan fingerprint density at radius 1 is 1.32 bits per heavy atom. The fourth-order valence-electron chi connectivity index (χ4n) is 6.49. The second-order valence-electron chi connectivity index (χ2n) is 10.3. The number of carbonyl (C=O) groups is 3. The van der Waals surface area contributed by atoms with Gasteiger partial charge in [-0.2, -0.15) is 0 Å². The Balaban J connectivity index is 1.63. The number of hydrogen-bond donors (Lipinski definition) is 1. The van der Waals surface area contributed by atoms with Gasteiger partial charge in [0.1, 0.15) is 6.04 Å². The molecule has 1 spiro atoms. The second-order valence-corrected chi connectivity index (χ2v) is 11.9. The van der Waals surface area contributed by atoms with Crippen molar-refractivity contribution in [1.29, 1.82) is 0 Å². The van der Waals surface area contributed by atoms with Crippen LogP contribution in [-0.4, -0.2) is 119 Å². The summed E-state index contributed by atoms with van der Waals surface area (Å²) < 4.78 is 10.3. The number of morpholine rings is 1. The number of ether oxygens (including phenoxy) is 2. The molecule has 2 unspecified atom stereocenters. The highest BCUT2D eigenvalue weighted by Gasteiger charge is 2.74. The molecule has 0 aromatic heterocycles. The van der Waals surface area contributed by atoms with Crippen LogP contribution in [0.3, 0.4) is 0 Å². The molecule has 0 aliphatic carbocycles. The van der Waals surface area contributed by atoms with Crippen molar-refractivity contribution in [1.82, 2.24) is 14.7 Å². The molecular weight excluding hydrogens is 494 g/mol. The summed E-state index contributed by atoms with van der Waals surface area (Å²) in [7, 11) is 0. The zero-order valence-electron chi connectivity index (χ0n) is 21.9. The summed E-state index contributed by atoms with van der Waals surface area (Å²) >= 11 is 1.62. The minimum Gasteiger partial charge on any atom is -0.465 e. The molecule has 4 heterocycles. The zero-order valence-corrected chi connectivity index (χ0v) is 22.7. The first-order chi connectivity index (χ1) is 17.9. The first-order valence-electron chi connectivity index (χ1n) is 13.5. The van der Waals surface area contributed by atoms with Gasteiger partial charge >= 0.3 is 5.97 Å². The van der Waals surface area contributed by atoms with E-state index in [1.165, 1.54) is 0 Å². The number of thioether (sulfide) groups is 1. The number of hydrogen-bond acceptors (Lipinski definition) is 8. The normalized spacial score (nSPS) is 31.7. The minimum atomic E-state index is -0.729. The molecule has 4 saturated heterocycles. The lowest BCUT2D eigenvalue weighted by Crippen LogP contribution is -2.58. The Kier molecular flexibility index (Phi) is 9.37. The van der Waals surface area contributed by atoms with Crippen LogP contribution in [0.25, 0.3) is 0 Å². The average Bonchev–Trinajstić information content (AvgIpc) is 3.55. The van der Waals surface area contributed by atoms with Gasteiger partial charge in [-0.25, -0.2) is 0 Å². The lowest BCUT2D eigenvalue weighted by molar-refractivity contribution is -0.154. The molecule has 10 heteroatoms. The maximum absolute atomic E-state index is 14.3. The molecule has 37 heavy (non-hydrogen) atoms. The Hall–Kier alpha value is -1.88. The third kappa shape index (κ3) is 5.22. The largest absolute Gasteiger partial charge is 0.465 e. The highest BCUT2D eigenvalue weighted by atomic mass is 32.2. The molecule has 0 saturated carbocycles. The number of nitrogens with zero attached hydrogens (tertiary/aromatic N) is 3. The number of likely N-dealkylation sites (tertiary alicyclic amines) is 1. The van der Waals surface area contributed by atoms with Crippen molar-refractivity contribution < 1.29 is 29.0 Å². The van der Waals surface area contributed by atoms with E-state index < -0.39 is 28.7 Å². The lowest BCUT2D eigenvalue weighted by Gasteiger charge is -2.40. The van der Waals surface area contributed by atoms with E-state index in [1.807, 2.05) is 6.92 Å². The van der Waals surface area contributed by atoms with E-state index >= 15 is 0 Å². The summed E-state index contributed by atoms with van der Waals surface area (Å²) in [6.07, 6.45) is 5.94. The molecule has 4 rings (SSSR count). The number of fused-ring (bicyclic) bond motifs is 1. The Morgan fingerprint density at radius 2 is 2.08 bits per heavy atom. The molecular formula is C27H41N3O6S. The van der Waals surface area contributed by atoms with E-state index in [0.717, 1.165) is 19.5 Å². The van der Waals surface area contributed by atoms with E-state index in [4.69, 9.17) is 9.47 Å². The van der Waals surface area contributed by atoms with Crippen LogP contribution < -0.4 is 0 Å². The summed E-state index contributed by atoms with van der Waals surface area (Å²) in [5.41, 5.74) is 0. The number of carbonyl (C=O) groups excluding carboxylic acids is 3. The molecule has 0 aromatic carbocycles. The molecule has 0 radical (unpaired) electrons. The predicted octanol–water partition coefficient (Wildman–Crippen LogP) is 1.31. The van der Waals surface area contributed by atoms with Crippen molar-refractivity contribution in [2.24, 2.45) is 11.8 Å². The van der Waals surface area contributed by atoms with E-state index in [0.29, 0.717) is 52.1 Å². The van der Waals surface area contributed by atoms with Crippen molar-refractivity contribution in [3.8, 4) is 0 Å².